The molecule has 2 aromatic rings. The van der Waals surface area contributed by atoms with Crippen LogP contribution in [0.3, 0.4) is 0 Å². The third-order valence-corrected chi connectivity index (χ3v) is 4.13. The summed E-state index contributed by atoms with van der Waals surface area (Å²) < 4.78 is 7.67. The lowest BCUT2D eigenvalue weighted by Gasteiger charge is -2.12. The number of aryl methyl sites for hydroxylation is 1. The van der Waals surface area contributed by atoms with E-state index in [1.165, 1.54) is 23.4 Å². The van der Waals surface area contributed by atoms with Gasteiger partial charge in [-0.05, 0) is 13.8 Å². The average molecular weight is 328 g/mol. The lowest BCUT2D eigenvalue weighted by Crippen LogP contribution is -2.36. The van der Waals surface area contributed by atoms with E-state index in [0.717, 1.165) is 4.57 Å². The summed E-state index contributed by atoms with van der Waals surface area (Å²) in [7, 11) is 2.98. The first-order valence-corrected chi connectivity index (χ1v) is 7.88. The molecule has 22 heavy (non-hydrogen) atoms. The van der Waals surface area contributed by atoms with Crippen LogP contribution in [0, 0.1) is 0 Å². The minimum atomic E-state index is -0.632. The van der Waals surface area contributed by atoms with Gasteiger partial charge in [-0.2, -0.15) is 0 Å². The van der Waals surface area contributed by atoms with Gasteiger partial charge in [-0.25, -0.2) is 9.78 Å². The zero-order valence-electron chi connectivity index (χ0n) is 13.0. The first-order chi connectivity index (χ1) is 10.3. The van der Waals surface area contributed by atoms with Crippen molar-refractivity contribution < 1.29 is 9.84 Å². The largest absolute Gasteiger partial charge is 0.390 e. The second-order valence-electron chi connectivity index (χ2n) is 5.29. The van der Waals surface area contributed by atoms with Crippen LogP contribution in [-0.2, 0) is 18.8 Å². The maximum Gasteiger partial charge on any atom is 0.332 e. The molecule has 9 heteroatoms. The number of nitrogens with one attached hydrogen (secondary N) is 1. The highest BCUT2D eigenvalue weighted by molar-refractivity contribution is 7.99. The van der Waals surface area contributed by atoms with E-state index in [1.807, 2.05) is 13.8 Å². The second-order valence-corrected chi connectivity index (χ2v) is 6.30. The van der Waals surface area contributed by atoms with Gasteiger partial charge in [0.05, 0.1) is 18.8 Å². The van der Waals surface area contributed by atoms with Crippen molar-refractivity contribution in [1.82, 2.24) is 19.1 Å². The third kappa shape index (κ3) is 3.42. The van der Waals surface area contributed by atoms with E-state index >= 15 is 0 Å². The van der Waals surface area contributed by atoms with Gasteiger partial charge in [0.2, 0.25) is 0 Å². The minimum Gasteiger partial charge on any atom is -0.390 e. The lowest BCUT2D eigenvalue weighted by molar-refractivity contribution is 0.0152. The van der Waals surface area contributed by atoms with Crippen LogP contribution in [0.1, 0.15) is 13.8 Å². The normalized spacial score (nSPS) is 13.2. The number of hydrogen-bond acceptors (Lipinski definition) is 6. The van der Waals surface area contributed by atoms with Gasteiger partial charge < -0.3 is 14.8 Å². The van der Waals surface area contributed by atoms with Crippen LogP contribution in [0.15, 0.2) is 14.7 Å². The fourth-order valence-electron chi connectivity index (χ4n) is 1.90. The molecule has 0 radical (unpaired) electrons. The molecule has 0 aliphatic rings. The maximum absolute atomic E-state index is 12.0. The van der Waals surface area contributed by atoms with Crippen LogP contribution in [0.5, 0.6) is 0 Å². The molecule has 2 aromatic heterocycles. The Labute approximate surface area is 131 Å². The smallest absolute Gasteiger partial charge is 0.332 e. The number of aliphatic hydroxyl groups excluding tert-OH is 1. The summed E-state index contributed by atoms with van der Waals surface area (Å²) in [6.07, 6.45) is -0.573. The molecular weight excluding hydrogens is 308 g/mol. The fraction of sp³-hybridized carbons (Fsp3) is 0.615. The van der Waals surface area contributed by atoms with E-state index in [-0.39, 0.29) is 18.2 Å². The topological polar surface area (TPSA) is 102 Å². The predicted octanol–water partition coefficient (Wildman–Crippen LogP) is -0.162. The molecule has 1 unspecified atom stereocenters. The fourth-order valence-corrected chi connectivity index (χ4v) is 2.67. The SMILES string of the molecule is CC(C)OCC(O)CSc1nc2c([nH]1)c(=O)n(C)c(=O)n2C. The Kier molecular flexibility index (Phi) is 5.09. The van der Waals surface area contributed by atoms with Crippen molar-refractivity contribution in [1.29, 1.82) is 0 Å². The highest BCUT2D eigenvalue weighted by Gasteiger charge is 2.15. The Morgan fingerprint density at radius 3 is 2.64 bits per heavy atom. The number of aromatic nitrogens is 4. The molecule has 0 saturated heterocycles. The molecule has 0 amide bonds. The number of fused-ring (bicyclic) bond motifs is 1. The molecule has 0 aliphatic heterocycles. The van der Waals surface area contributed by atoms with E-state index < -0.39 is 17.4 Å². The molecule has 0 fully saturated rings. The minimum absolute atomic E-state index is 0.0587. The molecule has 8 nitrogen and oxygen atoms in total. The van der Waals surface area contributed by atoms with Gasteiger partial charge in [0.25, 0.3) is 5.56 Å². The Hall–Kier alpha value is -1.58. The summed E-state index contributed by atoms with van der Waals surface area (Å²) in [6.45, 7) is 4.04. The molecule has 0 saturated carbocycles. The number of hydrogen-bond donors (Lipinski definition) is 2. The van der Waals surface area contributed by atoms with Gasteiger partial charge in [-0.1, -0.05) is 11.8 Å². The van der Waals surface area contributed by atoms with Gasteiger partial charge in [0, 0.05) is 19.8 Å². The summed E-state index contributed by atoms with van der Waals surface area (Å²) in [4.78, 5) is 31.0. The molecule has 0 spiro atoms. The molecule has 0 aliphatic carbocycles. The van der Waals surface area contributed by atoms with Gasteiger partial charge in [0.15, 0.2) is 16.3 Å². The van der Waals surface area contributed by atoms with Crippen molar-refractivity contribution in [3.8, 4) is 0 Å². The highest BCUT2D eigenvalue weighted by atomic mass is 32.2. The quantitative estimate of drug-likeness (QED) is 0.714. The lowest BCUT2D eigenvalue weighted by atomic mass is 10.4. The number of ether oxygens (including phenoxy) is 1. The maximum atomic E-state index is 12.0. The summed E-state index contributed by atoms with van der Waals surface area (Å²) in [5, 5.41) is 10.3. The molecule has 2 heterocycles. The summed E-state index contributed by atoms with van der Waals surface area (Å²) in [6, 6.07) is 0. The molecule has 0 bridgehead atoms. The molecule has 2 rings (SSSR count). The standard InChI is InChI=1S/C13H20N4O4S/c1-7(2)21-5-8(18)6-22-12-14-9-10(15-12)16(3)13(20)17(4)11(9)19/h7-8,18H,5-6H2,1-4H3,(H,14,15). The zero-order valence-corrected chi connectivity index (χ0v) is 13.8. The third-order valence-electron chi connectivity index (χ3n) is 3.11. The summed E-state index contributed by atoms with van der Waals surface area (Å²) in [5.74, 6) is 0.376. The molecule has 1 atom stereocenters. The number of aliphatic hydroxyl groups is 1. The summed E-state index contributed by atoms with van der Waals surface area (Å²) >= 11 is 1.27. The van der Waals surface area contributed by atoms with Crippen molar-refractivity contribution >= 4 is 22.9 Å². The van der Waals surface area contributed by atoms with Crippen molar-refractivity contribution in [3.63, 3.8) is 0 Å². The van der Waals surface area contributed by atoms with Crippen LogP contribution >= 0.6 is 11.8 Å². The van der Waals surface area contributed by atoms with Crippen LogP contribution in [0.25, 0.3) is 11.2 Å². The first kappa shape index (κ1) is 16.8. The van der Waals surface area contributed by atoms with Gasteiger partial charge in [-0.15, -0.1) is 0 Å². The van der Waals surface area contributed by atoms with Crippen molar-refractivity contribution in [3.05, 3.63) is 20.8 Å². The Morgan fingerprint density at radius 2 is 2.00 bits per heavy atom. The van der Waals surface area contributed by atoms with E-state index in [0.29, 0.717) is 16.6 Å². The van der Waals surface area contributed by atoms with Crippen LogP contribution < -0.4 is 11.2 Å². The Balaban J connectivity index is 2.17. The van der Waals surface area contributed by atoms with Crippen molar-refractivity contribution in [2.24, 2.45) is 14.1 Å². The number of rotatable bonds is 6. The number of thioether (sulfide) groups is 1. The van der Waals surface area contributed by atoms with E-state index in [9.17, 15) is 14.7 Å². The molecule has 0 aromatic carbocycles. The van der Waals surface area contributed by atoms with Crippen LogP contribution in [0.2, 0.25) is 0 Å². The van der Waals surface area contributed by atoms with E-state index in [4.69, 9.17) is 4.74 Å². The number of aromatic amines is 1. The van der Waals surface area contributed by atoms with Crippen LogP contribution in [0.4, 0.5) is 0 Å². The Bertz CT molecular complexity index is 777. The van der Waals surface area contributed by atoms with Gasteiger partial charge in [-0.3, -0.25) is 13.9 Å². The number of imidazole rings is 1. The van der Waals surface area contributed by atoms with E-state index in [1.54, 1.807) is 7.05 Å². The predicted molar refractivity (Wildman–Crippen MR) is 84.4 cm³/mol. The average Bonchev–Trinajstić information content (AvgIpc) is 2.91. The van der Waals surface area contributed by atoms with Crippen LogP contribution in [-0.4, -0.2) is 48.8 Å². The Morgan fingerprint density at radius 1 is 1.32 bits per heavy atom. The second kappa shape index (κ2) is 6.67. The molecular formula is C13H20N4O4S. The number of nitrogens with zero attached hydrogens (tertiary/aromatic N) is 3. The first-order valence-electron chi connectivity index (χ1n) is 6.89. The molecule has 2 N–H and O–H groups in total. The van der Waals surface area contributed by atoms with Crippen molar-refractivity contribution in [2.45, 2.75) is 31.2 Å². The van der Waals surface area contributed by atoms with Crippen molar-refractivity contribution in [2.75, 3.05) is 12.4 Å². The summed E-state index contributed by atoms with van der Waals surface area (Å²) in [5.41, 5.74) is -0.254. The monoisotopic (exact) mass is 328 g/mol. The van der Waals surface area contributed by atoms with Gasteiger partial charge in [0.1, 0.15) is 0 Å². The zero-order chi connectivity index (χ0) is 16.4. The van der Waals surface area contributed by atoms with Gasteiger partial charge >= 0.3 is 5.69 Å². The highest BCUT2D eigenvalue weighted by Crippen LogP contribution is 2.17. The molecule has 122 valence electrons. The van der Waals surface area contributed by atoms with E-state index in [2.05, 4.69) is 9.97 Å². The number of H-pyrrole nitrogens is 1.